The van der Waals surface area contributed by atoms with Crippen LogP contribution in [0.1, 0.15) is 50.2 Å². The molecule has 3 rings (SSSR count). The molecule has 1 aliphatic heterocycles. The van der Waals surface area contributed by atoms with Gasteiger partial charge in [0.2, 0.25) is 0 Å². The predicted octanol–water partition coefficient (Wildman–Crippen LogP) is 3.69. The van der Waals surface area contributed by atoms with Crippen molar-refractivity contribution < 1.29 is 22.4 Å². The van der Waals surface area contributed by atoms with Crippen LogP contribution in [-0.2, 0) is 21.2 Å². The van der Waals surface area contributed by atoms with Gasteiger partial charge in [0.1, 0.15) is 17.3 Å². The van der Waals surface area contributed by atoms with Crippen LogP contribution in [-0.4, -0.2) is 42.9 Å². The number of benzene rings is 1. The van der Waals surface area contributed by atoms with Gasteiger partial charge in [0.25, 0.3) is 5.91 Å². The normalized spacial score (nSPS) is 19.3. The Balaban J connectivity index is 1.75. The molecule has 2 aromatic rings. The quantitative estimate of drug-likeness (QED) is 0.684. The molecular weight excluding hydrogens is 390 g/mol. The fraction of sp³-hybridized carbons (Fsp3) is 0.500. The van der Waals surface area contributed by atoms with Crippen molar-refractivity contribution >= 4 is 15.7 Å². The molecule has 2 atom stereocenters. The van der Waals surface area contributed by atoms with E-state index in [4.69, 9.17) is 9.15 Å². The van der Waals surface area contributed by atoms with E-state index in [1.165, 1.54) is 5.56 Å². The van der Waals surface area contributed by atoms with E-state index in [9.17, 15) is 13.2 Å². The van der Waals surface area contributed by atoms with Crippen LogP contribution < -0.4 is 4.74 Å². The van der Waals surface area contributed by atoms with E-state index in [2.05, 4.69) is 13.8 Å². The molecule has 29 heavy (non-hydrogen) atoms. The Hall–Kier alpha value is -2.28. The lowest BCUT2D eigenvalue weighted by molar-refractivity contribution is -0.140. The zero-order valence-electron chi connectivity index (χ0n) is 17.4. The van der Waals surface area contributed by atoms with Crippen molar-refractivity contribution in [3.63, 3.8) is 0 Å². The number of nitrogens with zero attached hydrogens (tertiary/aromatic N) is 1. The molecule has 0 bridgehead atoms. The molecule has 0 saturated carbocycles. The summed E-state index contributed by atoms with van der Waals surface area (Å²) in [5, 5.41) is 0. The highest BCUT2D eigenvalue weighted by Gasteiger charge is 2.37. The average Bonchev–Trinajstić information content (AvgIpc) is 3.24. The van der Waals surface area contributed by atoms with Crippen LogP contribution in [0.5, 0.6) is 5.75 Å². The highest BCUT2D eigenvalue weighted by Crippen LogP contribution is 2.24. The molecule has 0 radical (unpaired) electrons. The minimum Gasteiger partial charge on any atom is -0.481 e. The Morgan fingerprint density at radius 3 is 2.38 bits per heavy atom. The van der Waals surface area contributed by atoms with Gasteiger partial charge in [0, 0.05) is 6.04 Å². The largest absolute Gasteiger partial charge is 0.481 e. The molecule has 0 N–H and O–H groups in total. The van der Waals surface area contributed by atoms with Crippen molar-refractivity contribution in [1.29, 1.82) is 0 Å². The van der Waals surface area contributed by atoms with Crippen LogP contribution in [0.4, 0.5) is 0 Å². The van der Waals surface area contributed by atoms with Gasteiger partial charge in [-0.05, 0) is 56.0 Å². The number of aryl methyl sites for hydroxylation is 1. The Morgan fingerprint density at radius 1 is 1.17 bits per heavy atom. The van der Waals surface area contributed by atoms with Gasteiger partial charge in [-0.3, -0.25) is 4.79 Å². The molecule has 1 saturated heterocycles. The number of sulfone groups is 1. The standard InChI is InChI=1S/C22H29NO5S/c1-15(2)18-6-9-20(10-7-18)28-17(4)22(24)23(13-21-8-5-16(3)27-21)19-11-12-29(25,26)14-19/h5-10,15,17,19H,11-14H2,1-4H3/t17-,19+/m1/s1. The van der Waals surface area contributed by atoms with Crippen LogP contribution in [0, 0.1) is 6.92 Å². The maximum absolute atomic E-state index is 13.2. The van der Waals surface area contributed by atoms with E-state index < -0.39 is 15.9 Å². The summed E-state index contributed by atoms with van der Waals surface area (Å²) in [4.78, 5) is 14.8. The molecule has 158 valence electrons. The summed E-state index contributed by atoms with van der Waals surface area (Å²) in [5.41, 5.74) is 1.20. The molecule has 2 heterocycles. The van der Waals surface area contributed by atoms with Crippen LogP contribution in [0.25, 0.3) is 0 Å². The van der Waals surface area contributed by atoms with Gasteiger partial charge in [-0.1, -0.05) is 26.0 Å². The van der Waals surface area contributed by atoms with Crippen LogP contribution in [0.3, 0.4) is 0 Å². The summed E-state index contributed by atoms with van der Waals surface area (Å²) >= 11 is 0. The Bertz CT molecular complexity index is 946. The molecular formula is C22H29NO5S. The molecule has 1 aromatic carbocycles. The first kappa shape index (κ1) is 21.4. The van der Waals surface area contributed by atoms with Crippen molar-refractivity contribution in [2.75, 3.05) is 11.5 Å². The minimum atomic E-state index is -3.12. The van der Waals surface area contributed by atoms with Crippen molar-refractivity contribution in [2.24, 2.45) is 0 Å². The van der Waals surface area contributed by atoms with Gasteiger partial charge in [0.15, 0.2) is 15.9 Å². The fourth-order valence-electron chi connectivity index (χ4n) is 3.57. The Kier molecular flexibility index (Phi) is 6.36. The van der Waals surface area contributed by atoms with Gasteiger partial charge in [-0.2, -0.15) is 0 Å². The van der Waals surface area contributed by atoms with Gasteiger partial charge < -0.3 is 14.1 Å². The summed E-state index contributed by atoms with van der Waals surface area (Å²) in [6.07, 6.45) is -0.303. The molecule has 0 unspecified atom stereocenters. The number of rotatable bonds is 7. The Morgan fingerprint density at radius 2 is 1.86 bits per heavy atom. The fourth-order valence-corrected chi connectivity index (χ4v) is 5.30. The van der Waals surface area contributed by atoms with Gasteiger partial charge in [-0.25, -0.2) is 8.42 Å². The minimum absolute atomic E-state index is 0.0196. The molecule has 0 spiro atoms. The predicted molar refractivity (Wildman–Crippen MR) is 112 cm³/mol. The number of amides is 1. The molecule has 6 nitrogen and oxygen atoms in total. The third kappa shape index (κ3) is 5.41. The van der Waals surface area contributed by atoms with Crippen molar-refractivity contribution in [3.8, 4) is 5.75 Å². The second-order valence-corrected chi connectivity index (χ2v) is 10.2. The van der Waals surface area contributed by atoms with E-state index in [0.717, 1.165) is 5.76 Å². The lowest BCUT2D eigenvalue weighted by atomic mass is 10.0. The topological polar surface area (TPSA) is 76.8 Å². The summed E-state index contributed by atoms with van der Waals surface area (Å²) in [5.74, 6) is 2.25. The van der Waals surface area contributed by atoms with E-state index in [1.54, 1.807) is 11.8 Å². The summed E-state index contributed by atoms with van der Waals surface area (Å²) in [6, 6.07) is 11.0. The van der Waals surface area contributed by atoms with Crippen LogP contribution in [0.15, 0.2) is 40.8 Å². The molecule has 7 heteroatoms. The molecule has 0 aliphatic carbocycles. The summed E-state index contributed by atoms with van der Waals surface area (Å²) in [7, 11) is -3.12. The Labute approximate surface area is 172 Å². The number of ether oxygens (including phenoxy) is 1. The second-order valence-electron chi connectivity index (χ2n) is 8.02. The third-order valence-corrected chi connectivity index (χ3v) is 7.01. The van der Waals surface area contributed by atoms with Crippen molar-refractivity contribution in [3.05, 3.63) is 53.5 Å². The number of carbonyl (C=O) groups is 1. The van der Waals surface area contributed by atoms with E-state index in [0.29, 0.717) is 23.8 Å². The SMILES string of the molecule is Cc1ccc(CN(C(=O)[C@@H](C)Oc2ccc(C(C)C)cc2)[C@H]2CCS(=O)(=O)C2)o1. The van der Waals surface area contributed by atoms with Gasteiger partial charge >= 0.3 is 0 Å². The maximum atomic E-state index is 13.2. The van der Waals surface area contributed by atoms with Crippen LogP contribution in [0.2, 0.25) is 0 Å². The number of hydrogen-bond acceptors (Lipinski definition) is 5. The number of furan rings is 1. The first-order chi connectivity index (χ1) is 13.6. The molecule has 1 amide bonds. The number of hydrogen-bond donors (Lipinski definition) is 0. The number of carbonyl (C=O) groups excluding carboxylic acids is 1. The monoisotopic (exact) mass is 419 g/mol. The highest BCUT2D eigenvalue weighted by molar-refractivity contribution is 7.91. The zero-order valence-corrected chi connectivity index (χ0v) is 18.2. The second kappa shape index (κ2) is 8.61. The lowest BCUT2D eigenvalue weighted by Gasteiger charge is -2.30. The smallest absolute Gasteiger partial charge is 0.264 e. The first-order valence-corrected chi connectivity index (χ1v) is 11.8. The zero-order chi connectivity index (χ0) is 21.2. The third-order valence-electron chi connectivity index (χ3n) is 5.26. The average molecular weight is 420 g/mol. The van der Waals surface area contributed by atoms with Crippen LogP contribution >= 0.6 is 0 Å². The highest BCUT2D eigenvalue weighted by atomic mass is 32.2. The maximum Gasteiger partial charge on any atom is 0.264 e. The lowest BCUT2D eigenvalue weighted by Crippen LogP contribution is -2.46. The van der Waals surface area contributed by atoms with E-state index >= 15 is 0 Å². The van der Waals surface area contributed by atoms with E-state index in [1.807, 2.05) is 43.3 Å². The van der Waals surface area contributed by atoms with E-state index in [-0.39, 0.29) is 30.0 Å². The molecule has 1 fully saturated rings. The van der Waals surface area contributed by atoms with Crippen molar-refractivity contribution in [1.82, 2.24) is 4.90 Å². The summed E-state index contributed by atoms with van der Waals surface area (Å²) in [6.45, 7) is 8.00. The van der Waals surface area contributed by atoms with Gasteiger partial charge in [0.05, 0.1) is 18.1 Å². The van der Waals surface area contributed by atoms with Crippen molar-refractivity contribution in [2.45, 2.75) is 58.7 Å². The first-order valence-electron chi connectivity index (χ1n) is 9.97. The van der Waals surface area contributed by atoms with Gasteiger partial charge in [-0.15, -0.1) is 0 Å². The summed E-state index contributed by atoms with van der Waals surface area (Å²) < 4.78 is 35.5. The molecule has 1 aliphatic rings. The molecule has 1 aromatic heterocycles.